The molecule has 0 aliphatic carbocycles. The first kappa shape index (κ1) is 53.8. The maximum absolute atomic E-state index is 10.6. The van der Waals surface area contributed by atoms with Crippen LogP contribution in [0.5, 0.6) is 5.75 Å². The van der Waals surface area contributed by atoms with Crippen molar-refractivity contribution < 1.29 is 47.7 Å². The highest BCUT2D eigenvalue weighted by atomic mass is 16.7. The normalized spacial score (nSPS) is 14.7. The second-order valence-corrected chi connectivity index (χ2v) is 16.2. The van der Waals surface area contributed by atoms with E-state index in [0.717, 1.165) is 29.7 Å². The molecule has 0 spiro atoms. The van der Waals surface area contributed by atoms with E-state index in [9.17, 15) is 5.11 Å². The molecule has 2 aromatic rings. The van der Waals surface area contributed by atoms with Crippen LogP contribution in [0, 0.1) is 0 Å². The van der Waals surface area contributed by atoms with Gasteiger partial charge in [-0.25, -0.2) is 0 Å². The van der Waals surface area contributed by atoms with E-state index in [4.69, 9.17) is 42.6 Å². The van der Waals surface area contributed by atoms with Crippen LogP contribution in [0.3, 0.4) is 0 Å². The van der Waals surface area contributed by atoms with Crippen LogP contribution in [0.15, 0.2) is 67.3 Å². The third-order valence-corrected chi connectivity index (χ3v) is 10.9. The SMILES string of the molecule is C=CC[C@@H](O)C[C@H](C[C@H](C[C@H](C[C@H](C[C@@H](CCCCCCCCCCCCCCC)OCc1ccccc1)OCc1ccc(OC)cc1)OCOC)OCOC)OCOC. The molecular weight excluding hydrogens is 761 g/mol. The molecule has 0 aromatic heterocycles. The Labute approximate surface area is 364 Å². The molecule has 0 amide bonds. The molecule has 0 saturated heterocycles. The molecule has 2 rings (SSSR count). The molecular formula is C50H84O10. The summed E-state index contributed by atoms with van der Waals surface area (Å²) < 4.78 is 53.6. The number of aliphatic hydroxyl groups is 1. The lowest BCUT2D eigenvalue weighted by Gasteiger charge is -2.31. The smallest absolute Gasteiger partial charge is 0.146 e. The van der Waals surface area contributed by atoms with E-state index >= 15 is 0 Å². The Morgan fingerprint density at radius 3 is 1.38 bits per heavy atom. The maximum atomic E-state index is 10.6. The molecule has 0 bridgehead atoms. The minimum absolute atomic E-state index is 0.000525. The molecule has 0 heterocycles. The summed E-state index contributed by atoms with van der Waals surface area (Å²) in [6.07, 6.45) is 21.4. The Morgan fingerprint density at radius 2 is 0.917 bits per heavy atom. The van der Waals surface area contributed by atoms with Gasteiger partial charge < -0.3 is 47.7 Å². The summed E-state index contributed by atoms with van der Waals surface area (Å²) in [7, 11) is 6.50. The Kier molecular flexibility index (Phi) is 33.3. The number of hydrogen-bond acceptors (Lipinski definition) is 10. The predicted octanol–water partition coefficient (Wildman–Crippen LogP) is 11.5. The highest BCUT2D eigenvalue weighted by Gasteiger charge is 2.28. The van der Waals surface area contributed by atoms with E-state index in [1.165, 1.54) is 77.0 Å². The van der Waals surface area contributed by atoms with Gasteiger partial charge in [-0.05, 0) is 48.9 Å². The minimum Gasteiger partial charge on any atom is -0.497 e. The monoisotopic (exact) mass is 845 g/mol. The topological polar surface area (TPSA) is 103 Å². The van der Waals surface area contributed by atoms with Crippen molar-refractivity contribution >= 4 is 0 Å². The van der Waals surface area contributed by atoms with E-state index in [1.54, 1.807) is 34.5 Å². The first-order chi connectivity index (χ1) is 29.4. The number of rotatable bonds is 42. The fourth-order valence-corrected chi connectivity index (χ4v) is 7.57. The van der Waals surface area contributed by atoms with Gasteiger partial charge >= 0.3 is 0 Å². The van der Waals surface area contributed by atoms with Crippen molar-refractivity contribution in [1.29, 1.82) is 0 Å². The standard InChI is InChI=1S/C50H84O10/c1-7-9-10-11-12-13-14-15-16-17-18-19-23-27-46(56-37-42-25-21-20-22-26-42)33-48(57-38-43-28-30-45(55-6)31-29-43)35-50(60-41-54-5)36-49(59-40-53-4)34-47(58-39-52-3)32-44(51)24-8-2/h8,20-22,25-26,28-31,44,46-51H,2,7,9-19,23-24,27,32-41H2,1,3-6H3/t44-,46-,47-,48+,49-,50+/m1/s1. The molecule has 344 valence electrons. The highest BCUT2D eigenvalue weighted by molar-refractivity contribution is 5.26. The van der Waals surface area contributed by atoms with Gasteiger partial charge in [0.05, 0.1) is 56.9 Å². The Balaban J connectivity index is 2.21. The van der Waals surface area contributed by atoms with Crippen molar-refractivity contribution in [2.75, 3.05) is 48.8 Å². The van der Waals surface area contributed by atoms with E-state index in [0.29, 0.717) is 51.7 Å². The summed E-state index contributed by atoms with van der Waals surface area (Å²) >= 11 is 0. The van der Waals surface area contributed by atoms with Gasteiger partial charge in [0.2, 0.25) is 0 Å². The lowest BCUT2D eigenvalue weighted by atomic mass is 9.95. The number of unbranched alkanes of at least 4 members (excludes halogenated alkanes) is 12. The fraction of sp³-hybridized carbons (Fsp3) is 0.720. The molecule has 0 saturated carbocycles. The molecule has 2 aromatic carbocycles. The van der Waals surface area contributed by atoms with Crippen molar-refractivity contribution in [2.24, 2.45) is 0 Å². The Bertz CT molecular complexity index is 1230. The number of benzene rings is 2. The van der Waals surface area contributed by atoms with E-state index < -0.39 is 6.10 Å². The molecule has 10 nitrogen and oxygen atoms in total. The van der Waals surface area contributed by atoms with Crippen LogP contribution in [0.1, 0.15) is 146 Å². The first-order valence-electron chi connectivity index (χ1n) is 22.9. The summed E-state index contributed by atoms with van der Waals surface area (Å²) in [6, 6.07) is 18.4. The van der Waals surface area contributed by atoms with Crippen molar-refractivity contribution in [3.05, 3.63) is 78.4 Å². The van der Waals surface area contributed by atoms with Crippen molar-refractivity contribution in [3.8, 4) is 5.75 Å². The molecule has 10 heteroatoms. The van der Waals surface area contributed by atoms with E-state index in [1.807, 2.05) is 30.3 Å². The first-order valence-corrected chi connectivity index (χ1v) is 22.9. The second-order valence-electron chi connectivity index (χ2n) is 16.2. The lowest BCUT2D eigenvalue weighted by molar-refractivity contribution is -0.145. The third-order valence-electron chi connectivity index (χ3n) is 10.9. The zero-order chi connectivity index (χ0) is 43.3. The predicted molar refractivity (Wildman–Crippen MR) is 241 cm³/mol. The molecule has 1 N–H and O–H groups in total. The number of ether oxygens (including phenoxy) is 9. The third kappa shape index (κ3) is 27.5. The molecule has 6 atom stereocenters. The molecule has 0 unspecified atom stereocenters. The van der Waals surface area contributed by atoms with Crippen LogP contribution in [0.25, 0.3) is 0 Å². The summed E-state index contributed by atoms with van der Waals surface area (Å²) in [5.74, 6) is 0.808. The van der Waals surface area contributed by atoms with Gasteiger partial charge in [-0.3, -0.25) is 0 Å². The second kappa shape index (κ2) is 37.2. The summed E-state index contributed by atoms with van der Waals surface area (Å²) in [5, 5.41) is 10.6. The average Bonchev–Trinajstić information content (AvgIpc) is 3.26. The van der Waals surface area contributed by atoms with Crippen molar-refractivity contribution in [2.45, 2.75) is 185 Å². The van der Waals surface area contributed by atoms with Crippen LogP contribution in [0.4, 0.5) is 0 Å². The van der Waals surface area contributed by atoms with Gasteiger partial charge in [0, 0.05) is 40.6 Å². The fourth-order valence-electron chi connectivity index (χ4n) is 7.57. The van der Waals surface area contributed by atoms with Crippen LogP contribution in [-0.4, -0.2) is 90.5 Å². The van der Waals surface area contributed by atoms with Gasteiger partial charge in [0.15, 0.2) is 0 Å². The minimum atomic E-state index is -0.591. The molecule has 0 aliphatic rings. The quantitative estimate of drug-likeness (QED) is 0.0395. The van der Waals surface area contributed by atoms with Gasteiger partial charge in [0.1, 0.15) is 26.1 Å². The van der Waals surface area contributed by atoms with Crippen LogP contribution >= 0.6 is 0 Å². The highest BCUT2D eigenvalue weighted by Crippen LogP contribution is 2.26. The van der Waals surface area contributed by atoms with E-state index in [2.05, 4.69) is 37.8 Å². The Morgan fingerprint density at radius 1 is 0.500 bits per heavy atom. The van der Waals surface area contributed by atoms with E-state index in [-0.39, 0.29) is 50.9 Å². The molecule has 0 aliphatic heterocycles. The lowest BCUT2D eigenvalue weighted by Crippen LogP contribution is -2.34. The molecule has 60 heavy (non-hydrogen) atoms. The van der Waals surface area contributed by atoms with Gasteiger partial charge in [-0.2, -0.15) is 0 Å². The molecule has 0 radical (unpaired) electrons. The Hall–Kier alpha value is -2.38. The van der Waals surface area contributed by atoms with Gasteiger partial charge in [0.25, 0.3) is 0 Å². The van der Waals surface area contributed by atoms with Crippen LogP contribution in [0.2, 0.25) is 0 Å². The number of methoxy groups -OCH3 is 4. The largest absolute Gasteiger partial charge is 0.497 e. The maximum Gasteiger partial charge on any atom is 0.146 e. The van der Waals surface area contributed by atoms with Crippen LogP contribution < -0.4 is 4.74 Å². The van der Waals surface area contributed by atoms with Gasteiger partial charge in [-0.15, -0.1) is 6.58 Å². The summed E-state index contributed by atoms with van der Waals surface area (Å²) in [6.45, 7) is 7.39. The average molecular weight is 845 g/mol. The van der Waals surface area contributed by atoms with Crippen molar-refractivity contribution in [1.82, 2.24) is 0 Å². The van der Waals surface area contributed by atoms with Crippen molar-refractivity contribution in [3.63, 3.8) is 0 Å². The number of hydrogen-bond donors (Lipinski definition) is 1. The zero-order valence-electron chi connectivity index (χ0n) is 38.2. The van der Waals surface area contributed by atoms with Crippen LogP contribution in [-0.2, 0) is 51.1 Å². The van der Waals surface area contributed by atoms with Gasteiger partial charge in [-0.1, -0.05) is 139 Å². The zero-order valence-corrected chi connectivity index (χ0v) is 38.2. The number of aliphatic hydroxyl groups excluding tert-OH is 1. The molecule has 0 fully saturated rings. The summed E-state index contributed by atoms with van der Waals surface area (Å²) in [4.78, 5) is 0. The summed E-state index contributed by atoms with van der Waals surface area (Å²) in [5.41, 5.74) is 2.22.